The normalized spacial score (nSPS) is 8.13. The zero-order valence-electron chi connectivity index (χ0n) is 8.57. The van der Waals surface area contributed by atoms with Crippen LogP contribution in [0.1, 0.15) is 5.56 Å². The Morgan fingerprint density at radius 2 is 2.00 bits per heavy atom. The van der Waals surface area contributed by atoms with Gasteiger partial charge in [-0.3, -0.25) is 0 Å². The number of esters is 1. The lowest BCUT2D eigenvalue weighted by atomic mass is 10.2. The molecule has 3 heteroatoms. The first-order valence-corrected chi connectivity index (χ1v) is 4.60. The summed E-state index contributed by atoms with van der Waals surface area (Å²) < 4.78 is 4.14. The number of ether oxygens (including phenoxy) is 1. The van der Waals surface area contributed by atoms with Crippen LogP contribution in [0.25, 0.3) is 6.08 Å². The highest BCUT2D eigenvalue weighted by molar-refractivity contribution is 6.32. The number of rotatable bonds is 2. The van der Waals surface area contributed by atoms with Crippen molar-refractivity contribution in [2.75, 3.05) is 7.11 Å². The molecule has 0 saturated heterocycles. The Morgan fingerprint density at radius 3 is 2.27 bits per heavy atom. The van der Waals surface area contributed by atoms with Crippen LogP contribution >= 0.6 is 11.6 Å². The monoisotopic (exact) mass is 224 g/mol. The minimum atomic E-state index is -0.394. The number of hydrogen-bond acceptors (Lipinski definition) is 2. The molecule has 0 aliphatic carbocycles. The van der Waals surface area contributed by atoms with Gasteiger partial charge in [-0.25, -0.2) is 4.79 Å². The smallest absolute Gasteiger partial charge is 0.329 e. The molecule has 0 saturated carbocycles. The van der Waals surface area contributed by atoms with Crippen LogP contribution in [0.4, 0.5) is 0 Å². The van der Waals surface area contributed by atoms with Crippen molar-refractivity contribution in [2.24, 2.45) is 0 Å². The molecule has 80 valence electrons. The molecule has 0 atom stereocenters. The van der Waals surface area contributed by atoms with Crippen molar-refractivity contribution in [3.63, 3.8) is 0 Å². The largest absolute Gasteiger partial charge is 0.466 e. The SMILES string of the molecule is C=CC(=O)OC.C=Cc1ccccc1Cl. The van der Waals surface area contributed by atoms with Gasteiger partial charge in [-0.05, 0) is 11.6 Å². The van der Waals surface area contributed by atoms with Crippen molar-refractivity contribution in [3.8, 4) is 0 Å². The summed E-state index contributed by atoms with van der Waals surface area (Å²) in [7, 11) is 1.31. The number of carbonyl (C=O) groups excluding carboxylic acids is 1. The Morgan fingerprint density at radius 1 is 1.40 bits per heavy atom. The van der Waals surface area contributed by atoms with Gasteiger partial charge in [0.1, 0.15) is 0 Å². The van der Waals surface area contributed by atoms with Gasteiger partial charge in [0.15, 0.2) is 0 Å². The second-order valence-electron chi connectivity index (χ2n) is 2.45. The fourth-order valence-electron chi connectivity index (χ4n) is 0.724. The second kappa shape index (κ2) is 7.83. The number of methoxy groups -OCH3 is 1. The van der Waals surface area contributed by atoms with E-state index in [1.165, 1.54) is 7.11 Å². The molecule has 1 aromatic carbocycles. The number of halogens is 1. The van der Waals surface area contributed by atoms with Crippen LogP contribution in [0.5, 0.6) is 0 Å². The molecule has 0 aromatic heterocycles. The fraction of sp³-hybridized carbons (Fsp3) is 0.0833. The van der Waals surface area contributed by atoms with Gasteiger partial charge in [0.2, 0.25) is 0 Å². The molecule has 1 rings (SSSR count). The van der Waals surface area contributed by atoms with E-state index in [0.29, 0.717) is 0 Å². The summed E-state index contributed by atoms with van der Waals surface area (Å²) in [6, 6.07) is 7.60. The highest BCUT2D eigenvalue weighted by Crippen LogP contribution is 2.14. The van der Waals surface area contributed by atoms with Crippen molar-refractivity contribution < 1.29 is 9.53 Å². The lowest BCUT2D eigenvalue weighted by molar-refractivity contribution is -0.134. The minimum absolute atomic E-state index is 0.394. The Kier molecular flexibility index (Phi) is 7.02. The Labute approximate surface area is 94.8 Å². The Bertz CT molecular complexity index is 345. The van der Waals surface area contributed by atoms with Crippen molar-refractivity contribution in [2.45, 2.75) is 0 Å². The van der Waals surface area contributed by atoms with Crippen LogP contribution in [0.2, 0.25) is 5.02 Å². The Hall–Kier alpha value is -1.54. The Balaban J connectivity index is 0.000000288. The van der Waals surface area contributed by atoms with Gasteiger partial charge in [-0.2, -0.15) is 0 Å². The molecule has 0 bridgehead atoms. The lowest BCUT2D eigenvalue weighted by Gasteiger charge is -1.92. The van der Waals surface area contributed by atoms with E-state index in [0.717, 1.165) is 16.7 Å². The molecule has 0 fully saturated rings. The quantitative estimate of drug-likeness (QED) is 0.569. The standard InChI is InChI=1S/C8H7Cl.C4H6O2/c1-2-7-5-3-4-6-8(7)9;1-3-4(5)6-2/h2-6H,1H2;3H,1H2,2H3. The maximum atomic E-state index is 9.84. The van der Waals surface area contributed by atoms with Crippen LogP contribution in [-0.4, -0.2) is 13.1 Å². The maximum absolute atomic E-state index is 9.84. The summed E-state index contributed by atoms with van der Waals surface area (Å²) in [6.07, 6.45) is 2.85. The van der Waals surface area contributed by atoms with Gasteiger partial charge in [0.25, 0.3) is 0 Å². The van der Waals surface area contributed by atoms with E-state index in [4.69, 9.17) is 11.6 Å². The summed E-state index contributed by atoms with van der Waals surface area (Å²) in [4.78, 5) is 9.84. The van der Waals surface area contributed by atoms with Gasteiger partial charge in [0.05, 0.1) is 7.11 Å². The molecular weight excluding hydrogens is 212 g/mol. The third-order valence-corrected chi connectivity index (χ3v) is 1.84. The molecule has 0 radical (unpaired) electrons. The fourth-order valence-corrected chi connectivity index (χ4v) is 0.937. The van der Waals surface area contributed by atoms with Crippen molar-refractivity contribution >= 4 is 23.6 Å². The molecule has 15 heavy (non-hydrogen) atoms. The predicted octanol–water partition coefficient (Wildman–Crippen LogP) is 3.33. The van der Waals surface area contributed by atoms with E-state index < -0.39 is 5.97 Å². The van der Waals surface area contributed by atoms with Crippen LogP contribution in [-0.2, 0) is 9.53 Å². The predicted molar refractivity (Wildman–Crippen MR) is 63.8 cm³/mol. The molecular formula is C12H13ClO2. The van der Waals surface area contributed by atoms with E-state index in [1.54, 1.807) is 6.08 Å². The molecule has 0 aliphatic rings. The molecule has 1 aromatic rings. The third-order valence-electron chi connectivity index (χ3n) is 1.49. The van der Waals surface area contributed by atoms with Crippen molar-refractivity contribution in [1.29, 1.82) is 0 Å². The van der Waals surface area contributed by atoms with E-state index in [9.17, 15) is 4.79 Å². The molecule has 0 amide bonds. The number of hydrogen-bond donors (Lipinski definition) is 0. The number of carbonyl (C=O) groups is 1. The van der Waals surface area contributed by atoms with Gasteiger partial charge in [-0.15, -0.1) is 0 Å². The van der Waals surface area contributed by atoms with Gasteiger partial charge < -0.3 is 4.74 Å². The zero-order chi connectivity index (χ0) is 11.7. The van der Waals surface area contributed by atoms with E-state index in [1.807, 2.05) is 24.3 Å². The van der Waals surface area contributed by atoms with Crippen LogP contribution < -0.4 is 0 Å². The van der Waals surface area contributed by atoms with Gasteiger partial charge in [-0.1, -0.05) is 49.0 Å². The molecule has 0 aliphatic heterocycles. The first-order chi connectivity index (χ1) is 7.15. The highest BCUT2D eigenvalue weighted by atomic mass is 35.5. The highest BCUT2D eigenvalue weighted by Gasteiger charge is 1.89. The van der Waals surface area contributed by atoms with Gasteiger partial charge >= 0.3 is 5.97 Å². The first-order valence-electron chi connectivity index (χ1n) is 4.23. The van der Waals surface area contributed by atoms with Gasteiger partial charge in [0, 0.05) is 11.1 Å². The van der Waals surface area contributed by atoms with Crippen LogP contribution in [0, 0.1) is 0 Å². The van der Waals surface area contributed by atoms with Crippen LogP contribution in [0.3, 0.4) is 0 Å². The molecule has 2 nitrogen and oxygen atoms in total. The molecule has 0 N–H and O–H groups in total. The van der Waals surface area contributed by atoms with E-state index >= 15 is 0 Å². The summed E-state index contributed by atoms with van der Waals surface area (Å²) in [5, 5.41) is 0.757. The van der Waals surface area contributed by atoms with Crippen molar-refractivity contribution in [3.05, 3.63) is 54.1 Å². The lowest BCUT2D eigenvalue weighted by Crippen LogP contribution is -1.91. The summed E-state index contributed by atoms with van der Waals surface area (Å²) in [5.74, 6) is -0.394. The van der Waals surface area contributed by atoms with Crippen molar-refractivity contribution in [1.82, 2.24) is 0 Å². The maximum Gasteiger partial charge on any atom is 0.329 e. The third kappa shape index (κ3) is 5.70. The van der Waals surface area contributed by atoms with Crippen LogP contribution in [0.15, 0.2) is 43.5 Å². The topological polar surface area (TPSA) is 26.3 Å². The average molecular weight is 225 g/mol. The molecule has 0 spiro atoms. The van der Waals surface area contributed by atoms with E-state index in [-0.39, 0.29) is 0 Å². The second-order valence-corrected chi connectivity index (χ2v) is 2.86. The van der Waals surface area contributed by atoms with E-state index in [2.05, 4.69) is 17.9 Å². The summed E-state index contributed by atoms with van der Waals surface area (Å²) in [6.45, 7) is 6.76. The number of benzene rings is 1. The molecule has 0 heterocycles. The average Bonchev–Trinajstić information content (AvgIpc) is 2.29. The minimum Gasteiger partial charge on any atom is -0.466 e. The molecule has 0 unspecified atom stereocenters. The zero-order valence-corrected chi connectivity index (χ0v) is 9.33. The first kappa shape index (κ1) is 13.5. The summed E-state index contributed by atoms with van der Waals surface area (Å²) in [5.41, 5.74) is 0.985. The summed E-state index contributed by atoms with van der Waals surface area (Å²) >= 11 is 5.75.